The largest absolute Gasteiger partial charge is 0.376 e. The van der Waals surface area contributed by atoms with Crippen LogP contribution >= 0.6 is 11.3 Å². The molecule has 7 nitrogen and oxygen atoms in total. The van der Waals surface area contributed by atoms with E-state index in [1.165, 1.54) is 41.5 Å². The van der Waals surface area contributed by atoms with E-state index in [9.17, 15) is 0 Å². The van der Waals surface area contributed by atoms with Crippen LogP contribution in [0.1, 0.15) is 42.5 Å². The fourth-order valence-electron chi connectivity index (χ4n) is 5.36. The van der Waals surface area contributed by atoms with Gasteiger partial charge in [0.2, 0.25) is 0 Å². The predicted molar refractivity (Wildman–Crippen MR) is 122 cm³/mol. The molecule has 1 aliphatic carbocycles. The second kappa shape index (κ2) is 8.07. The highest BCUT2D eigenvalue weighted by Crippen LogP contribution is 2.42. The number of piperidine rings is 1. The van der Waals surface area contributed by atoms with Gasteiger partial charge in [0.05, 0.1) is 24.3 Å². The van der Waals surface area contributed by atoms with Crippen LogP contribution in [0.5, 0.6) is 0 Å². The highest BCUT2D eigenvalue weighted by atomic mass is 32.1. The van der Waals surface area contributed by atoms with Crippen molar-refractivity contribution in [2.75, 3.05) is 31.6 Å². The molecule has 0 aromatic carbocycles. The van der Waals surface area contributed by atoms with Gasteiger partial charge in [0, 0.05) is 23.8 Å². The van der Waals surface area contributed by atoms with Gasteiger partial charge in [-0.1, -0.05) is 0 Å². The molecule has 2 fully saturated rings. The van der Waals surface area contributed by atoms with Crippen molar-refractivity contribution in [3.05, 3.63) is 29.0 Å². The van der Waals surface area contributed by atoms with Crippen molar-refractivity contribution in [2.24, 2.45) is 5.41 Å². The van der Waals surface area contributed by atoms with Gasteiger partial charge in [-0.05, 0) is 69.0 Å². The molecule has 1 spiro atoms. The summed E-state index contributed by atoms with van der Waals surface area (Å²) in [5, 5.41) is 8.35. The molecule has 6 rings (SSSR count). The zero-order chi connectivity index (χ0) is 20.7. The quantitative estimate of drug-likeness (QED) is 0.646. The zero-order valence-electron chi connectivity index (χ0n) is 17.7. The van der Waals surface area contributed by atoms with Crippen LogP contribution in [-0.2, 0) is 17.6 Å². The van der Waals surface area contributed by atoms with Crippen LogP contribution in [0.3, 0.4) is 0 Å². The van der Waals surface area contributed by atoms with Crippen LogP contribution in [-0.4, -0.2) is 52.3 Å². The predicted octanol–water partition coefficient (Wildman–Crippen LogP) is 3.60. The van der Waals surface area contributed by atoms with Crippen LogP contribution in [0.4, 0.5) is 5.82 Å². The highest BCUT2D eigenvalue weighted by molar-refractivity contribution is 7.19. The van der Waals surface area contributed by atoms with E-state index in [4.69, 9.17) is 14.7 Å². The number of ether oxygens (including phenoxy) is 1. The number of fused-ring (bicyclic) bond motifs is 3. The molecular weight excluding hydrogens is 408 g/mol. The fourth-order valence-corrected chi connectivity index (χ4v) is 6.62. The average Bonchev–Trinajstić information content (AvgIpc) is 3.39. The number of nitrogens with zero attached hydrogens (tertiary/aromatic N) is 4. The summed E-state index contributed by atoms with van der Waals surface area (Å²) >= 11 is 1.82. The number of aromatic nitrogens is 4. The maximum Gasteiger partial charge on any atom is 0.183 e. The van der Waals surface area contributed by atoms with Crippen LogP contribution < -0.4 is 10.6 Å². The van der Waals surface area contributed by atoms with Crippen molar-refractivity contribution in [3.63, 3.8) is 0 Å². The highest BCUT2D eigenvalue weighted by Gasteiger charge is 2.40. The molecule has 162 valence electrons. The molecule has 2 N–H and O–H groups in total. The Hall–Kier alpha value is -2.16. The van der Waals surface area contributed by atoms with Gasteiger partial charge in [-0.3, -0.25) is 4.98 Å². The Kier molecular flexibility index (Phi) is 5.08. The van der Waals surface area contributed by atoms with Crippen molar-refractivity contribution in [3.8, 4) is 11.5 Å². The van der Waals surface area contributed by atoms with Gasteiger partial charge >= 0.3 is 0 Å². The van der Waals surface area contributed by atoms with E-state index in [2.05, 4.69) is 20.6 Å². The number of aryl methyl sites for hydroxylation is 2. The third kappa shape index (κ3) is 3.70. The van der Waals surface area contributed by atoms with E-state index in [-0.39, 0.29) is 6.10 Å². The summed E-state index contributed by atoms with van der Waals surface area (Å²) in [4.78, 5) is 21.0. The second-order valence-corrected chi connectivity index (χ2v) is 10.2. The monoisotopic (exact) mass is 436 g/mol. The molecule has 3 aromatic heterocycles. The number of anilines is 1. The van der Waals surface area contributed by atoms with Crippen molar-refractivity contribution >= 4 is 27.4 Å². The first kappa shape index (κ1) is 19.5. The van der Waals surface area contributed by atoms with Crippen LogP contribution in [0.2, 0.25) is 0 Å². The van der Waals surface area contributed by atoms with Crippen molar-refractivity contribution in [1.82, 2.24) is 25.3 Å². The summed E-state index contributed by atoms with van der Waals surface area (Å²) in [6.45, 7) is 3.89. The average molecular weight is 437 g/mol. The first-order chi connectivity index (χ1) is 15.3. The Morgan fingerprint density at radius 1 is 1.16 bits per heavy atom. The minimum Gasteiger partial charge on any atom is -0.376 e. The first-order valence-electron chi connectivity index (χ1n) is 11.4. The minimum absolute atomic E-state index is 0.234. The maximum absolute atomic E-state index is 6.24. The Morgan fingerprint density at radius 2 is 2.06 bits per heavy atom. The van der Waals surface area contributed by atoms with E-state index >= 15 is 0 Å². The molecule has 0 radical (unpaired) electrons. The number of hydrogen-bond acceptors (Lipinski definition) is 8. The van der Waals surface area contributed by atoms with Crippen molar-refractivity contribution < 1.29 is 4.74 Å². The van der Waals surface area contributed by atoms with Gasteiger partial charge in [-0.25, -0.2) is 15.0 Å². The summed E-state index contributed by atoms with van der Waals surface area (Å²) in [5.74, 6) is 1.57. The third-order valence-corrected chi connectivity index (χ3v) is 8.24. The summed E-state index contributed by atoms with van der Waals surface area (Å²) in [7, 11) is 0. The van der Waals surface area contributed by atoms with Crippen LogP contribution in [0.25, 0.3) is 21.7 Å². The van der Waals surface area contributed by atoms with Gasteiger partial charge in [-0.2, -0.15) is 0 Å². The molecule has 31 heavy (non-hydrogen) atoms. The summed E-state index contributed by atoms with van der Waals surface area (Å²) < 4.78 is 6.24. The molecular formula is C23H28N6OS. The SMILES string of the molecule is c1cnc(-c2nc(NCC3CC4(CCNCC4)CO3)c3c4c(sc3n2)CCCC4)cn1. The second-order valence-electron chi connectivity index (χ2n) is 9.15. The Bertz CT molecular complexity index is 1080. The van der Waals surface area contributed by atoms with E-state index < -0.39 is 0 Å². The van der Waals surface area contributed by atoms with Crippen molar-refractivity contribution in [1.29, 1.82) is 0 Å². The normalized spacial score (nSPS) is 22.6. The van der Waals surface area contributed by atoms with Gasteiger partial charge < -0.3 is 15.4 Å². The van der Waals surface area contributed by atoms with Gasteiger partial charge in [0.1, 0.15) is 16.3 Å². The van der Waals surface area contributed by atoms with Gasteiger partial charge in [0.25, 0.3) is 0 Å². The molecule has 0 bridgehead atoms. The Balaban J connectivity index is 1.31. The lowest BCUT2D eigenvalue weighted by Crippen LogP contribution is -2.37. The van der Waals surface area contributed by atoms with E-state index in [0.717, 1.165) is 56.2 Å². The summed E-state index contributed by atoms with van der Waals surface area (Å²) in [6.07, 6.45) is 13.7. The molecule has 8 heteroatoms. The lowest BCUT2D eigenvalue weighted by molar-refractivity contribution is 0.0924. The minimum atomic E-state index is 0.234. The molecule has 0 amide bonds. The van der Waals surface area contributed by atoms with Gasteiger partial charge in [-0.15, -0.1) is 11.3 Å². The lowest BCUT2D eigenvalue weighted by Gasteiger charge is -2.32. The molecule has 3 aliphatic rings. The number of rotatable bonds is 4. The van der Waals surface area contributed by atoms with E-state index in [1.54, 1.807) is 18.6 Å². The number of nitrogens with one attached hydrogen (secondary N) is 2. The standard InChI is InChI=1S/C23H28N6OS/c1-2-4-18-16(3-1)19-21(27-12-15-11-23(14-30-15)5-7-24-8-6-23)28-20(29-22(19)31-18)17-13-25-9-10-26-17/h9-10,13,15,24H,1-8,11-12,14H2,(H,27,28,29). The third-order valence-electron chi connectivity index (χ3n) is 7.05. The molecule has 1 unspecified atom stereocenters. The molecule has 2 aliphatic heterocycles. The summed E-state index contributed by atoms with van der Waals surface area (Å²) in [5.41, 5.74) is 2.52. The lowest BCUT2D eigenvalue weighted by atomic mass is 9.77. The number of hydrogen-bond donors (Lipinski definition) is 2. The Morgan fingerprint density at radius 3 is 2.94 bits per heavy atom. The Labute approximate surface area is 186 Å². The van der Waals surface area contributed by atoms with Crippen LogP contribution in [0.15, 0.2) is 18.6 Å². The first-order valence-corrected chi connectivity index (χ1v) is 12.3. The van der Waals surface area contributed by atoms with E-state index in [0.29, 0.717) is 16.9 Å². The maximum atomic E-state index is 6.24. The smallest absolute Gasteiger partial charge is 0.183 e. The zero-order valence-corrected chi connectivity index (χ0v) is 18.5. The van der Waals surface area contributed by atoms with Crippen molar-refractivity contribution in [2.45, 2.75) is 51.0 Å². The molecule has 3 aromatic rings. The molecule has 2 saturated heterocycles. The van der Waals surface area contributed by atoms with Gasteiger partial charge in [0.15, 0.2) is 5.82 Å². The molecule has 0 saturated carbocycles. The fraction of sp³-hybridized carbons (Fsp3) is 0.565. The topological polar surface area (TPSA) is 84.9 Å². The number of thiophene rings is 1. The van der Waals surface area contributed by atoms with E-state index in [1.807, 2.05) is 11.3 Å². The molecule has 1 atom stereocenters. The molecule has 5 heterocycles. The summed E-state index contributed by atoms with van der Waals surface area (Å²) in [6, 6.07) is 0. The van der Waals surface area contributed by atoms with Crippen LogP contribution in [0, 0.1) is 5.41 Å².